The third-order valence-electron chi connectivity index (χ3n) is 2.69. The summed E-state index contributed by atoms with van der Waals surface area (Å²) < 4.78 is 10.3. The molecule has 0 aromatic heterocycles. The predicted octanol–water partition coefficient (Wildman–Crippen LogP) is 2.03. The SMILES string of the molecule is CCNCCCC(=O)Nc1cc(OC)ccc1OC. The Bertz CT molecular complexity index is 408. The summed E-state index contributed by atoms with van der Waals surface area (Å²) >= 11 is 0. The van der Waals surface area contributed by atoms with Crippen molar-refractivity contribution in [3.63, 3.8) is 0 Å². The molecule has 0 aliphatic carbocycles. The first kappa shape index (κ1) is 15.3. The number of benzene rings is 1. The van der Waals surface area contributed by atoms with Crippen molar-refractivity contribution >= 4 is 11.6 Å². The largest absolute Gasteiger partial charge is 0.497 e. The molecule has 1 rings (SSSR count). The van der Waals surface area contributed by atoms with Crippen molar-refractivity contribution in [3.05, 3.63) is 18.2 Å². The van der Waals surface area contributed by atoms with Crippen LogP contribution in [0, 0.1) is 0 Å². The van der Waals surface area contributed by atoms with E-state index < -0.39 is 0 Å². The van der Waals surface area contributed by atoms with E-state index in [1.54, 1.807) is 32.4 Å². The van der Waals surface area contributed by atoms with E-state index in [0.29, 0.717) is 23.6 Å². The molecule has 0 fully saturated rings. The second-order valence-electron chi connectivity index (χ2n) is 4.07. The fraction of sp³-hybridized carbons (Fsp3) is 0.500. The average Bonchev–Trinajstić information content (AvgIpc) is 2.43. The first-order chi connectivity index (χ1) is 9.21. The number of ether oxygens (including phenoxy) is 2. The molecule has 0 saturated carbocycles. The Balaban J connectivity index is 2.56. The van der Waals surface area contributed by atoms with E-state index in [2.05, 4.69) is 10.6 Å². The van der Waals surface area contributed by atoms with Gasteiger partial charge in [0.25, 0.3) is 0 Å². The summed E-state index contributed by atoms with van der Waals surface area (Å²) in [5.41, 5.74) is 0.635. The number of hydrogen-bond acceptors (Lipinski definition) is 4. The normalized spacial score (nSPS) is 10.1. The second-order valence-corrected chi connectivity index (χ2v) is 4.07. The minimum Gasteiger partial charge on any atom is -0.497 e. The maximum atomic E-state index is 11.8. The Morgan fingerprint density at radius 3 is 2.68 bits per heavy atom. The Labute approximate surface area is 114 Å². The van der Waals surface area contributed by atoms with Crippen LogP contribution in [0.4, 0.5) is 5.69 Å². The lowest BCUT2D eigenvalue weighted by Crippen LogP contribution is -2.18. The van der Waals surface area contributed by atoms with Gasteiger partial charge in [0.1, 0.15) is 11.5 Å². The summed E-state index contributed by atoms with van der Waals surface area (Å²) in [7, 11) is 3.16. The van der Waals surface area contributed by atoms with Crippen molar-refractivity contribution in [2.45, 2.75) is 19.8 Å². The van der Waals surface area contributed by atoms with E-state index in [0.717, 1.165) is 19.5 Å². The molecule has 5 heteroatoms. The van der Waals surface area contributed by atoms with Gasteiger partial charge in [-0.25, -0.2) is 0 Å². The fourth-order valence-electron chi connectivity index (χ4n) is 1.68. The molecule has 0 spiro atoms. The van der Waals surface area contributed by atoms with Crippen molar-refractivity contribution in [2.24, 2.45) is 0 Å². The average molecular weight is 266 g/mol. The third kappa shape index (κ3) is 5.18. The minimum absolute atomic E-state index is 0.0237. The van der Waals surface area contributed by atoms with Crippen LogP contribution in [0.1, 0.15) is 19.8 Å². The Morgan fingerprint density at radius 2 is 2.05 bits per heavy atom. The highest BCUT2D eigenvalue weighted by Gasteiger charge is 2.08. The van der Waals surface area contributed by atoms with Crippen LogP contribution in [0.15, 0.2) is 18.2 Å². The molecule has 1 amide bonds. The van der Waals surface area contributed by atoms with Gasteiger partial charge in [-0.2, -0.15) is 0 Å². The van der Waals surface area contributed by atoms with E-state index in [1.807, 2.05) is 6.92 Å². The first-order valence-corrected chi connectivity index (χ1v) is 6.43. The number of carbonyl (C=O) groups is 1. The summed E-state index contributed by atoms with van der Waals surface area (Å²) in [5, 5.41) is 6.02. The molecular formula is C14H22N2O3. The lowest BCUT2D eigenvalue weighted by molar-refractivity contribution is -0.116. The zero-order valence-electron chi connectivity index (χ0n) is 11.8. The zero-order valence-corrected chi connectivity index (χ0v) is 11.8. The highest BCUT2D eigenvalue weighted by molar-refractivity contribution is 5.92. The molecule has 0 atom stereocenters. The molecule has 2 N–H and O–H groups in total. The third-order valence-corrected chi connectivity index (χ3v) is 2.69. The lowest BCUT2D eigenvalue weighted by atomic mass is 10.2. The number of carbonyl (C=O) groups excluding carboxylic acids is 1. The maximum absolute atomic E-state index is 11.8. The van der Waals surface area contributed by atoms with E-state index in [4.69, 9.17) is 9.47 Å². The molecule has 1 aromatic rings. The minimum atomic E-state index is -0.0237. The van der Waals surface area contributed by atoms with Crippen LogP contribution in [0.3, 0.4) is 0 Å². The highest BCUT2D eigenvalue weighted by atomic mass is 16.5. The monoisotopic (exact) mass is 266 g/mol. The van der Waals surface area contributed by atoms with Crippen LogP contribution in [-0.2, 0) is 4.79 Å². The number of hydrogen-bond donors (Lipinski definition) is 2. The van der Waals surface area contributed by atoms with Gasteiger partial charge in [0, 0.05) is 12.5 Å². The number of nitrogens with one attached hydrogen (secondary N) is 2. The molecule has 5 nitrogen and oxygen atoms in total. The Hall–Kier alpha value is -1.75. The van der Waals surface area contributed by atoms with E-state index in [1.165, 1.54) is 0 Å². The van der Waals surface area contributed by atoms with E-state index in [-0.39, 0.29) is 5.91 Å². The van der Waals surface area contributed by atoms with E-state index in [9.17, 15) is 4.79 Å². The molecule has 19 heavy (non-hydrogen) atoms. The molecule has 0 radical (unpaired) electrons. The van der Waals surface area contributed by atoms with Gasteiger partial charge in [-0.3, -0.25) is 4.79 Å². The summed E-state index contributed by atoms with van der Waals surface area (Å²) in [5.74, 6) is 1.29. The molecule has 0 unspecified atom stereocenters. The number of amides is 1. The lowest BCUT2D eigenvalue weighted by Gasteiger charge is -2.11. The van der Waals surface area contributed by atoms with Gasteiger partial charge in [-0.1, -0.05) is 6.92 Å². The smallest absolute Gasteiger partial charge is 0.224 e. The highest BCUT2D eigenvalue weighted by Crippen LogP contribution is 2.28. The Morgan fingerprint density at radius 1 is 1.26 bits per heavy atom. The number of rotatable bonds is 8. The van der Waals surface area contributed by atoms with Gasteiger partial charge in [-0.05, 0) is 31.6 Å². The van der Waals surface area contributed by atoms with Crippen molar-refractivity contribution in [1.82, 2.24) is 5.32 Å². The van der Waals surface area contributed by atoms with Gasteiger partial charge < -0.3 is 20.1 Å². The van der Waals surface area contributed by atoms with Crippen molar-refractivity contribution in [3.8, 4) is 11.5 Å². The first-order valence-electron chi connectivity index (χ1n) is 6.43. The quantitative estimate of drug-likeness (QED) is 0.707. The molecule has 1 aromatic carbocycles. The molecule has 0 saturated heterocycles. The zero-order chi connectivity index (χ0) is 14.1. The molecular weight excluding hydrogens is 244 g/mol. The van der Waals surface area contributed by atoms with Crippen LogP contribution in [-0.4, -0.2) is 33.2 Å². The Kier molecular flexibility index (Phi) is 6.74. The number of anilines is 1. The molecule has 106 valence electrons. The van der Waals surface area contributed by atoms with Gasteiger partial charge in [0.15, 0.2) is 0 Å². The van der Waals surface area contributed by atoms with Crippen LogP contribution < -0.4 is 20.1 Å². The standard InChI is InChI=1S/C14H22N2O3/c1-4-15-9-5-6-14(17)16-12-10-11(18-2)7-8-13(12)19-3/h7-8,10,15H,4-6,9H2,1-3H3,(H,16,17). The summed E-state index contributed by atoms with van der Waals surface area (Å²) in [6.07, 6.45) is 1.29. The molecule has 0 bridgehead atoms. The van der Waals surface area contributed by atoms with Crippen LogP contribution in [0.2, 0.25) is 0 Å². The second kappa shape index (κ2) is 8.37. The van der Waals surface area contributed by atoms with Crippen LogP contribution in [0.25, 0.3) is 0 Å². The summed E-state index contributed by atoms with van der Waals surface area (Å²) in [6, 6.07) is 5.31. The van der Waals surface area contributed by atoms with Gasteiger partial charge >= 0.3 is 0 Å². The maximum Gasteiger partial charge on any atom is 0.224 e. The van der Waals surface area contributed by atoms with Crippen molar-refractivity contribution < 1.29 is 14.3 Å². The predicted molar refractivity (Wildman–Crippen MR) is 76.0 cm³/mol. The number of methoxy groups -OCH3 is 2. The molecule has 0 aliphatic rings. The van der Waals surface area contributed by atoms with E-state index >= 15 is 0 Å². The van der Waals surface area contributed by atoms with Crippen LogP contribution in [0.5, 0.6) is 11.5 Å². The molecule has 0 heterocycles. The van der Waals surface area contributed by atoms with Crippen molar-refractivity contribution in [2.75, 3.05) is 32.6 Å². The summed E-state index contributed by atoms with van der Waals surface area (Å²) in [4.78, 5) is 11.8. The van der Waals surface area contributed by atoms with Crippen molar-refractivity contribution in [1.29, 1.82) is 0 Å². The van der Waals surface area contributed by atoms with Crippen LogP contribution >= 0.6 is 0 Å². The van der Waals surface area contributed by atoms with Gasteiger partial charge in [0.05, 0.1) is 19.9 Å². The van der Waals surface area contributed by atoms with Gasteiger partial charge in [0.2, 0.25) is 5.91 Å². The topological polar surface area (TPSA) is 59.6 Å². The summed E-state index contributed by atoms with van der Waals surface area (Å²) in [6.45, 7) is 3.81. The fourth-order valence-corrected chi connectivity index (χ4v) is 1.68. The van der Waals surface area contributed by atoms with Gasteiger partial charge in [-0.15, -0.1) is 0 Å². The molecule has 0 aliphatic heterocycles.